The topological polar surface area (TPSA) is 245 Å². The minimum Gasteiger partial charge on any atom is -0.393 e. The summed E-state index contributed by atoms with van der Waals surface area (Å²) in [6.45, 7) is 43.0. The average Bonchev–Trinajstić information content (AvgIpc) is 0.756. The van der Waals surface area contributed by atoms with E-state index < -0.39 is 54.2 Å². The van der Waals surface area contributed by atoms with E-state index in [4.69, 9.17) is 14.2 Å². The van der Waals surface area contributed by atoms with Crippen LogP contribution in [0.25, 0.3) is 0 Å². The largest absolute Gasteiger partial charge is 0.393 e. The predicted molar refractivity (Wildman–Crippen MR) is 415 cm³/mol. The number of ketones is 1. The van der Waals surface area contributed by atoms with E-state index >= 15 is 0 Å². The minimum absolute atomic E-state index is 0.0102. The number of allylic oxidation sites excluding steroid dienone is 10. The summed E-state index contributed by atoms with van der Waals surface area (Å²) in [7, 11) is 0. The lowest BCUT2D eigenvalue weighted by Gasteiger charge is -2.51. The lowest BCUT2D eigenvalue weighted by molar-refractivity contribution is -0.179. The highest BCUT2D eigenvalue weighted by Crippen LogP contribution is 2.46. The molecule has 0 radical (unpaired) electrons. The van der Waals surface area contributed by atoms with E-state index in [1.807, 2.05) is 103 Å². The van der Waals surface area contributed by atoms with Crippen LogP contribution in [-0.4, -0.2) is 131 Å². The third-order valence-corrected chi connectivity index (χ3v) is 23.8. The number of nitrogens with one attached hydrogen (secondary N) is 2. The van der Waals surface area contributed by atoms with Crippen molar-refractivity contribution in [3.05, 3.63) is 120 Å². The van der Waals surface area contributed by atoms with Crippen molar-refractivity contribution in [3.8, 4) is 0 Å². The van der Waals surface area contributed by atoms with E-state index in [0.29, 0.717) is 50.4 Å². The number of carbonyl (C=O) groups excluding carboxylic acids is 3. The Hall–Kier alpha value is -4.39. The molecule has 2 spiro atoms. The molecule has 0 aromatic heterocycles. The first-order valence-corrected chi connectivity index (χ1v) is 39.5. The summed E-state index contributed by atoms with van der Waals surface area (Å²) in [4.78, 5) is 37.1. The Kier molecular flexibility index (Phi) is 37.8. The summed E-state index contributed by atoms with van der Waals surface area (Å²) < 4.78 is 19.8. The van der Waals surface area contributed by atoms with E-state index in [1.165, 1.54) is 0 Å². The zero-order valence-electron chi connectivity index (χ0n) is 67.0. The molecule has 24 atom stereocenters. The molecule has 9 N–H and O–H groups in total. The van der Waals surface area contributed by atoms with E-state index in [9.17, 15) is 50.1 Å². The van der Waals surface area contributed by atoms with Crippen LogP contribution in [0, 0.1) is 82.9 Å². The van der Waals surface area contributed by atoms with Crippen molar-refractivity contribution in [2.45, 2.75) is 326 Å². The van der Waals surface area contributed by atoms with Gasteiger partial charge in [-0.25, -0.2) is 0 Å². The molecule has 102 heavy (non-hydrogen) atoms. The monoisotopic (exact) mass is 1430 g/mol. The van der Waals surface area contributed by atoms with Crippen LogP contribution < -0.4 is 10.6 Å². The van der Waals surface area contributed by atoms with Gasteiger partial charge in [0.2, 0.25) is 11.8 Å². The van der Waals surface area contributed by atoms with Gasteiger partial charge in [0.15, 0.2) is 11.4 Å². The van der Waals surface area contributed by atoms with Crippen LogP contribution in [0.5, 0.6) is 0 Å². The number of piperidine rings is 2. The molecule has 5 aliphatic rings. The Balaban J connectivity index is 0.000000432. The standard InChI is InChI=1S/C44H73NO6.C43H71NO7/c1-12-35-26-33(8)44(45-42(35)49)32(7)25-31(6)40(50-44)27-39(48)30(5)20-16-13-15-19-29(4)37(46)21-17-14-18-22-38(47)34(9)41-36(28(2)3)23-24-43(10,11)51-41;1-11-35-25-32(8)43(44-42(35)50)31(7)24-30(6)40(51-43)26-39(48)29(5)19-15-12-14-18-28(4)37(46)20-16-13-17-21-38(47)34(10)41(49)36(27(2)3)23-22-33(9)45/h13-15,17-19,22,25,28,30-31,33-41,46-48H,12,16,20-21,23-24,26-27H2,1-11H3,(H,45,49);12-14,16-18,21,24,27,29-30,32,34-41,46-49H,11,15,19-20,22-23,25-26H2,1-10H3,(H,44,50)/b15-13+,17-14+,22-18+,29-19+;14-12+,16-13+,21-17+,28-18+. The van der Waals surface area contributed by atoms with Gasteiger partial charge in [0.1, 0.15) is 5.78 Å². The first kappa shape index (κ1) is 90.0. The smallest absolute Gasteiger partial charge is 0.225 e. The molecule has 5 aliphatic heterocycles. The first-order valence-electron chi connectivity index (χ1n) is 39.5. The summed E-state index contributed by atoms with van der Waals surface area (Å²) in [6.07, 6.45) is 37.8. The number of rotatable bonds is 36. The Labute approximate surface area is 618 Å². The quantitative estimate of drug-likeness (QED) is 0.0210. The van der Waals surface area contributed by atoms with E-state index in [-0.39, 0.29) is 113 Å². The van der Waals surface area contributed by atoms with Crippen LogP contribution in [0.4, 0.5) is 0 Å². The van der Waals surface area contributed by atoms with Crippen molar-refractivity contribution >= 4 is 17.6 Å². The highest BCUT2D eigenvalue weighted by atomic mass is 16.5. The van der Waals surface area contributed by atoms with Crippen molar-refractivity contribution in [2.24, 2.45) is 82.9 Å². The van der Waals surface area contributed by atoms with Crippen LogP contribution >= 0.6 is 0 Å². The zero-order valence-corrected chi connectivity index (χ0v) is 67.0. The van der Waals surface area contributed by atoms with E-state index in [2.05, 4.69) is 125 Å². The maximum absolute atomic E-state index is 12.8. The molecule has 0 aromatic rings. The van der Waals surface area contributed by atoms with Gasteiger partial charge in [-0.05, 0) is 190 Å². The number of ether oxygens (including phenoxy) is 3. The number of aliphatic hydroxyl groups excluding tert-OH is 7. The normalized spacial score (nSPS) is 31.2. The molecule has 0 bridgehead atoms. The fourth-order valence-electron chi connectivity index (χ4n) is 15.8. The van der Waals surface area contributed by atoms with Crippen LogP contribution in [0.1, 0.15) is 248 Å². The summed E-state index contributed by atoms with van der Waals surface area (Å²) in [5, 5.41) is 82.4. The third kappa shape index (κ3) is 26.5. The Bertz CT molecular complexity index is 2900. The molecule has 15 heteroatoms. The Morgan fingerprint density at radius 1 is 0.598 bits per heavy atom. The molecule has 0 aromatic carbocycles. The van der Waals surface area contributed by atoms with Gasteiger partial charge >= 0.3 is 0 Å². The van der Waals surface area contributed by atoms with Gasteiger partial charge in [0.25, 0.3) is 0 Å². The highest BCUT2D eigenvalue weighted by Gasteiger charge is 2.53. The molecule has 15 nitrogen and oxygen atoms in total. The Morgan fingerprint density at radius 3 is 1.43 bits per heavy atom. The maximum atomic E-state index is 12.8. The molecule has 0 saturated carbocycles. The minimum atomic E-state index is -0.829. The van der Waals surface area contributed by atoms with Gasteiger partial charge in [0.05, 0.1) is 66.6 Å². The van der Waals surface area contributed by atoms with Crippen LogP contribution in [0.3, 0.4) is 0 Å². The molecule has 3 fully saturated rings. The van der Waals surface area contributed by atoms with Crippen molar-refractivity contribution in [1.29, 1.82) is 0 Å². The number of carbonyl (C=O) groups is 3. The van der Waals surface area contributed by atoms with Gasteiger partial charge < -0.3 is 65.4 Å². The van der Waals surface area contributed by atoms with E-state index in [0.717, 1.165) is 86.5 Å². The summed E-state index contributed by atoms with van der Waals surface area (Å²) in [5.41, 5.74) is 2.09. The average molecular weight is 1430 g/mol. The van der Waals surface area contributed by atoms with Gasteiger partial charge in [-0.3, -0.25) is 9.59 Å². The second-order valence-corrected chi connectivity index (χ2v) is 33.3. The number of aliphatic hydroxyl groups is 7. The molecule has 580 valence electrons. The molecular formula is C87H144N2O13. The predicted octanol–water partition coefficient (Wildman–Crippen LogP) is 16.0. The lowest BCUT2D eigenvalue weighted by Crippen LogP contribution is -2.64. The molecular weight excluding hydrogens is 1280 g/mol. The van der Waals surface area contributed by atoms with Gasteiger partial charge in [-0.15, -0.1) is 0 Å². The molecule has 5 heterocycles. The van der Waals surface area contributed by atoms with Crippen LogP contribution in [-0.2, 0) is 28.6 Å². The van der Waals surface area contributed by atoms with Crippen molar-refractivity contribution in [3.63, 3.8) is 0 Å². The second kappa shape index (κ2) is 42.8. The van der Waals surface area contributed by atoms with Crippen molar-refractivity contribution < 1.29 is 64.3 Å². The Morgan fingerprint density at radius 2 is 1.03 bits per heavy atom. The fraction of sp³-hybridized carbons (Fsp3) is 0.736. The number of hydrogen-bond acceptors (Lipinski definition) is 13. The van der Waals surface area contributed by atoms with Crippen molar-refractivity contribution in [2.75, 3.05) is 0 Å². The number of Topliss-reactive ketones (excluding diaryl/α,β-unsaturated/α-hetero) is 1. The summed E-state index contributed by atoms with van der Waals surface area (Å²) >= 11 is 0. The number of hydrogen-bond donors (Lipinski definition) is 9. The summed E-state index contributed by atoms with van der Waals surface area (Å²) in [5.74, 6) is 1.69. The molecule has 3 saturated heterocycles. The summed E-state index contributed by atoms with van der Waals surface area (Å²) in [6, 6.07) is 0. The van der Waals surface area contributed by atoms with Gasteiger partial charge in [0, 0.05) is 66.6 Å². The number of amides is 2. The second-order valence-electron chi connectivity index (χ2n) is 33.3. The molecule has 2 amide bonds. The third-order valence-electron chi connectivity index (χ3n) is 23.8. The lowest BCUT2D eigenvalue weighted by atomic mass is 9.75. The van der Waals surface area contributed by atoms with Crippen LogP contribution in [0.2, 0.25) is 0 Å². The van der Waals surface area contributed by atoms with Gasteiger partial charge in [-0.2, -0.15) is 0 Å². The fourth-order valence-corrected chi connectivity index (χ4v) is 15.8. The molecule has 5 rings (SSSR count). The van der Waals surface area contributed by atoms with E-state index in [1.54, 1.807) is 25.2 Å². The highest BCUT2D eigenvalue weighted by molar-refractivity contribution is 5.81. The van der Waals surface area contributed by atoms with Crippen LogP contribution in [0.15, 0.2) is 120 Å². The maximum Gasteiger partial charge on any atom is 0.225 e. The van der Waals surface area contributed by atoms with Crippen molar-refractivity contribution in [1.82, 2.24) is 10.6 Å². The molecule has 0 aliphatic carbocycles. The van der Waals surface area contributed by atoms with Gasteiger partial charge in [-0.1, -0.05) is 194 Å². The first-order chi connectivity index (χ1) is 47.9. The zero-order chi connectivity index (χ0) is 76.6. The SMILES string of the molecule is CCC1CC(C)C2(NC1=O)OC(CC(O)C(C)CC/C=C/C=C(\C)C(O)C/C=C/C=C/C(O)C(C)C(O)C(CCC(C)=O)C(C)C)C(C)C=C2C.CCC1CC(C)C2(NC1=O)OC(CC(O)C(C)CC/C=C/C=C(\C)C(O)C/C=C/C=C/C(O)C(C)C1OC(C)(C)CCC1C(C)C)C(C)C=C2C. The molecule has 24 unspecified atom stereocenters.